The first kappa shape index (κ1) is 12.0. The Morgan fingerprint density at radius 3 is 2.71 bits per heavy atom. The van der Waals surface area contributed by atoms with Crippen LogP contribution in [0.25, 0.3) is 0 Å². The zero-order valence-corrected chi connectivity index (χ0v) is 11.3. The van der Waals surface area contributed by atoms with Gasteiger partial charge in [-0.2, -0.15) is 0 Å². The van der Waals surface area contributed by atoms with Gasteiger partial charge in [-0.15, -0.1) is 11.3 Å². The summed E-state index contributed by atoms with van der Waals surface area (Å²) < 4.78 is 0. The zero-order chi connectivity index (χ0) is 12.3. The summed E-state index contributed by atoms with van der Waals surface area (Å²) in [6, 6.07) is 10.6. The van der Waals surface area contributed by atoms with Crippen LogP contribution >= 0.6 is 11.3 Å². The highest BCUT2D eigenvalue weighted by Gasteiger charge is 2.01. The molecule has 3 heteroatoms. The lowest BCUT2D eigenvalue weighted by atomic mass is 10.2. The van der Waals surface area contributed by atoms with Crippen molar-refractivity contribution < 1.29 is 0 Å². The summed E-state index contributed by atoms with van der Waals surface area (Å²) in [4.78, 5) is 3.52. The van der Waals surface area contributed by atoms with Crippen molar-refractivity contribution in [2.45, 2.75) is 13.5 Å². The largest absolute Gasteiger partial charge is 0.380 e. The van der Waals surface area contributed by atoms with Gasteiger partial charge in [-0.3, -0.25) is 0 Å². The first-order valence-corrected chi connectivity index (χ1v) is 6.59. The predicted octanol–water partition coefficient (Wildman–Crippen LogP) is 3.73. The zero-order valence-electron chi connectivity index (χ0n) is 10.5. The monoisotopic (exact) mass is 246 g/mol. The van der Waals surface area contributed by atoms with Crippen molar-refractivity contribution in [1.82, 2.24) is 0 Å². The van der Waals surface area contributed by atoms with Gasteiger partial charge in [0, 0.05) is 36.9 Å². The number of nitrogens with zero attached hydrogens (tertiary/aromatic N) is 1. The Bertz CT molecular complexity index is 488. The molecule has 0 bridgehead atoms. The lowest BCUT2D eigenvalue weighted by Gasteiger charge is -2.14. The van der Waals surface area contributed by atoms with Crippen LogP contribution in [0.1, 0.15) is 10.4 Å². The molecule has 1 aromatic heterocycles. The van der Waals surface area contributed by atoms with Crippen LogP contribution in [0.15, 0.2) is 35.7 Å². The molecule has 1 heterocycles. The fourth-order valence-corrected chi connectivity index (χ4v) is 2.51. The van der Waals surface area contributed by atoms with Crippen LogP contribution < -0.4 is 10.2 Å². The lowest BCUT2D eigenvalue weighted by molar-refractivity contribution is 1.12. The van der Waals surface area contributed by atoms with Gasteiger partial charge in [0.25, 0.3) is 0 Å². The van der Waals surface area contributed by atoms with E-state index in [1.54, 1.807) is 11.3 Å². The highest BCUT2D eigenvalue weighted by atomic mass is 32.1. The molecule has 2 nitrogen and oxygen atoms in total. The second-order valence-corrected chi connectivity index (χ2v) is 5.33. The third-order valence-corrected chi connectivity index (χ3v) is 3.81. The van der Waals surface area contributed by atoms with Gasteiger partial charge in [0.1, 0.15) is 0 Å². The molecule has 1 N–H and O–H groups in total. The summed E-state index contributed by atoms with van der Waals surface area (Å²) in [5.74, 6) is 0. The number of thiophene rings is 1. The van der Waals surface area contributed by atoms with Crippen molar-refractivity contribution in [2.24, 2.45) is 0 Å². The number of benzene rings is 1. The topological polar surface area (TPSA) is 15.3 Å². The highest BCUT2D eigenvalue weighted by Crippen LogP contribution is 2.20. The van der Waals surface area contributed by atoms with Gasteiger partial charge in [-0.05, 0) is 42.1 Å². The van der Waals surface area contributed by atoms with Crippen LogP contribution in [0.4, 0.5) is 11.4 Å². The number of rotatable bonds is 4. The molecule has 0 spiro atoms. The average molecular weight is 246 g/mol. The molecule has 0 unspecified atom stereocenters. The molecule has 0 fully saturated rings. The Labute approximate surface area is 107 Å². The molecule has 0 aliphatic rings. The molecule has 2 aromatic rings. The maximum absolute atomic E-state index is 3.47. The van der Waals surface area contributed by atoms with E-state index in [9.17, 15) is 0 Å². The van der Waals surface area contributed by atoms with E-state index in [1.807, 2.05) is 0 Å². The van der Waals surface area contributed by atoms with Crippen LogP contribution in [-0.2, 0) is 6.54 Å². The molecule has 90 valence electrons. The van der Waals surface area contributed by atoms with E-state index < -0.39 is 0 Å². The first-order valence-electron chi connectivity index (χ1n) is 5.71. The van der Waals surface area contributed by atoms with Crippen molar-refractivity contribution in [1.29, 1.82) is 0 Å². The van der Waals surface area contributed by atoms with E-state index >= 15 is 0 Å². The number of anilines is 2. The van der Waals surface area contributed by atoms with E-state index in [-0.39, 0.29) is 0 Å². The molecule has 1 aromatic carbocycles. The quantitative estimate of drug-likeness (QED) is 0.884. The molecule has 2 rings (SSSR count). The number of hydrogen-bond donors (Lipinski definition) is 1. The SMILES string of the molecule is Cc1ccsc1CNc1cccc(N(C)C)c1. The van der Waals surface area contributed by atoms with Crippen LogP contribution in [0, 0.1) is 6.92 Å². The smallest absolute Gasteiger partial charge is 0.0496 e. The number of hydrogen-bond acceptors (Lipinski definition) is 3. The van der Waals surface area contributed by atoms with Gasteiger partial charge in [-0.25, -0.2) is 0 Å². The predicted molar refractivity (Wildman–Crippen MR) is 77.2 cm³/mol. The Morgan fingerprint density at radius 1 is 1.24 bits per heavy atom. The van der Waals surface area contributed by atoms with Gasteiger partial charge in [0.2, 0.25) is 0 Å². The Morgan fingerprint density at radius 2 is 2.06 bits per heavy atom. The van der Waals surface area contributed by atoms with Crippen LogP contribution in [-0.4, -0.2) is 14.1 Å². The molecule has 0 aliphatic heterocycles. The van der Waals surface area contributed by atoms with Crippen molar-refractivity contribution in [3.8, 4) is 0 Å². The molecular weight excluding hydrogens is 228 g/mol. The first-order chi connectivity index (χ1) is 8.16. The molecule has 0 saturated carbocycles. The van der Waals surface area contributed by atoms with Gasteiger partial charge in [-0.1, -0.05) is 6.07 Å². The van der Waals surface area contributed by atoms with Gasteiger partial charge < -0.3 is 10.2 Å². The van der Waals surface area contributed by atoms with Crippen molar-refractivity contribution in [3.63, 3.8) is 0 Å². The minimum absolute atomic E-state index is 0.903. The van der Waals surface area contributed by atoms with Crippen molar-refractivity contribution in [2.75, 3.05) is 24.3 Å². The van der Waals surface area contributed by atoms with E-state index in [0.29, 0.717) is 0 Å². The molecule has 17 heavy (non-hydrogen) atoms. The minimum atomic E-state index is 0.903. The third-order valence-electron chi connectivity index (χ3n) is 2.78. The molecule has 0 aliphatic carbocycles. The maximum atomic E-state index is 3.47. The highest BCUT2D eigenvalue weighted by molar-refractivity contribution is 7.10. The van der Waals surface area contributed by atoms with Crippen LogP contribution in [0.2, 0.25) is 0 Å². The summed E-state index contributed by atoms with van der Waals surface area (Å²) in [5.41, 5.74) is 3.76. The van der Waals surface area contributed by atoms with Gasteiger partial charge in [0.05, 0.1) is 0 Å². The fourth-order valence-electron chi connectivity index (χ4n) is 1.66. The molecular formula is C14H18N2S. The van der Waals surface area contributed by atoms with E-state index in [0.717, 1.165) is 6.54 Å². The maximum Gasteiger partial charge on any atom is 0.0496 e. The summed E-state index contributed by atoms with van der Waals surface area (Å²) in [6.45, 7) is 3.06. The van der Waals surface area contributed by atoms with Crippen LogP contribution in [0.3, 0.4) is 0 Å². The second-order valence-electron chi connectivity index (χ2n) is 4.33. The summed E-state index contributed by atoms with van der Waals surface area (Å²) >= 11 is 1.81. The third kappa shape index (κ3) is 3.01. The summed E-state index contributed by atoms with van der Waals surface area (Å²) in [5, 5.41) is 5.61. The molecule has 0 radical (unpaired) electrons. The normalized spacial score (nSPS) is 10.3. The number of aryl methyl sites for hydroxylation is 1. The minimum Gasteiger partial charge on any atom is -0.380 e. The van der Waals surface area contributed by atoms with E-state index in [2.05, 4.69) is 66.9 Å². The Hall–Kier alpha value is -1.48. The molecule has 0 saturated heterocycles. The van der Waals surface area contributed by atoms with Gasteiger partial charge >= 0.3 is 0 Å². The Balaban J connectivity index is 2.04. The van der Waals surface area contributed by atoms with E-state index in [4.69, 9.17) is 0 Å². The van der Waals surface area contributed by atoms with Crippen LogP contribution in [0.5, 0.6) is 0 Å². The van der Waals surface area contributed by atoms with E-state index in [1.165, 1.54) is 21.8 Å². The van der Waals surface area contributed by atoms with Gasteiger partial charge in [0.15, 0.2) is 0 Å². The van der Waals surface area contributed by atoms with Crippen molar-refractivity contribution in [3.05, 3.63) is 46.2 Å². The van der Waals surface area contributed by atoms with Crippen molar-refractivity contribution >= 4 is 22.7 Å². The number of nitrogens with one attached hydrogen (secondary N) is 1. The standard InChI is InChI=1S/C14H18N2S/c1-11-7-8-17-14(11)10-15-12-5-4-6-13(9-12)16(2)3/h4-9,15H,10H2,1-3H3. The summed E-state index contributed by atoms with van der Waals surface area (Å²) in [7, 11) is 4.12. The summed E-state index contributed by atoms with van der Waals surface area (Å²) in [6.07, 6.45) is 0. The molecule has 0 atom stereocenters. The Kier molecular flexibility index (Phi) is 3.69. The average Bonchev–Trinajstić information content (AvgIpc) is 2.72. The second kappa shape index (κ2) is 5.23. The molecule has 0 amide bonds. The fraction of sp³-hybridized carbons (Fsp3) is 0.286. The lowest BCUT2D eigenvalue weighted by Crippen LogP contribution is -2.09.